The Kier molecular flexibility index (Phi) is 3.64. The average Bonchev–Trinajstić information content (AvgIpc) is 2.74. The molecule has 0 bridgehead atoms. The number of rotatable bonds is 2. The van der Waals surface area contributed by atoms with Crippen LogP contribution in [0.5, 0.6) is 0 Å². The van der Waals surface area contributed by atoms with E-state index < -0.39 is 6.09 Å². The van der Waals surface area contributed by atoms with E-state index in [0.29, 0.717) is 18.0 Å². The van der Waals surface area contributed by atoms with Crippen LogP contribution in [0.3, 0.4) is 0 Å². The van der Waals surface area contributed by atoms with Crippen molar-refractivity contribution in [2.75, 3.05) is 13.1 Å². The molecule has 0 atom stereocenters. The minimum absolute atomic E-state index is 0.0692. The standard InChI is InChI=1S/C12H12ClNO3/c13-11-4-2-1-3-9(11)8-17-12(16)14-6-5-10(15)7-14/h1-4H,5-8H2. The fourth-order valence-corrected chi connectivity index (χ4v) is 1.82. The molecule has 0 aromatic heterocycles. The summed E-state index contributed by atoms with van der Waals surface area (Å²) in [6.45, 7) is 0.727. The van der Waals surface area contributed by atoms with Crippen LogP contribution in [0.15, 0.2) is 24.3 Å². The van der Waals surface area contributed by atoms with Gasteiger partial charge in [0.25, 0.3) is 0 Å². The third-order valence-electron chi connectivity index (χ3n) is 2.59. The molecule has 0 radical (unpaired) electrons. The van der Waals surface area contributed by atoms with Crippen molar-refractivity contribution in [2.24, 2.45) is 0 Å². The predicted octanol–water partition coefficient (Wildman–Crippen LogP) is 2.25. The molecule has 1 saturated heterocycles. The highest BCUT2D eigenvalue weighted by molar-refractivity contribution is 6.31. The third-order valence-corrected chi connectivity index (χ3v) is 2.96. The summed E-state index contributed by atoms with van der Waals surface area (Å²) in [6, 6.07) is 7.18. The number of likely N-dealkylation sites (tertiary alicyclic amines) is 1. The van der Waals surface area contributed by atoms with Gasteiger partial charge in [-0.2, -0.15) is 0 Å². The first-order valence-electron chi connectivity index (χ1n) is 5.33. The Labute approximate surface area is 104 Å². The first kappa shape index (κ1) is 11.9. The second-order valence-corrected chi connectivity index (χ2v) is 4.26. The summed E-state index contributed by atoms with van der Waals surface area (Å²) >= 11 is 5.93. The molecule has 4 nitrogen and oxygen atoms in total. The minimum Gasteiger partial charge on any atom is -0.444 e. The van der Waals surface area contributed by atoms with Gasteiger partial charge in [0.1, 0.15) is 6.61 Å². The first-order chi connectivity index (χ1) is 8.16. The van der Waals surface area contributed by atoms with Crippen molar-refractivity contribution in [1.29, 1.82) is 0 Å². The molecule has 1 fully saturated rings. The zero-order chi connectivity index (χ0) is 12.3. The maximum absolute atomic E-state index is 11.6. The van der Waals surface area contributed by atoms with Gasteiger partial charge in [0.05, 0.1) is 6.54 Å². The van der Waals surface area contributed by atoms with Gasteiger partial charge >= 0.3 is 6.09 Å². The van der Waals surface area contributed by atoms with Crippen LogP contribution in [0.25, 0.3) is 0 Å². The summed E-state index contributed by atoms with van der Waals surface area (Å²) < 4.78 is 5.09. The van der Waals surface area contributed by atoms with Crippen LogP contribution in [-0.2, 0) is 16.1 Å². The molecule has 1 heterocycles. The summed E-state index contributed by atoms with van der Waals surface area (Å²) in [5.74, 6) is 0.0692. The summed E-state index contributed by atoms with van der Waals surface area (Å²) in [4.78, 5) is 24.0. The van der Waals surface area contributed by atoms with Crippen molar-refractivity contribution < 1.29 is 14.3 Å². The summed E-state index contributed by atoms with van der Waals surface area (Å²) in [6.07, 6.45) is -0.0444. The van der Waals surface area contributed by atoms with E-state index in [2.05, 4.69) is 0 Å². The van der Waals surface area contributed by atoms with Crippen molar-refractivity contribution in [3.05, 3.63) is 34.9 Å². The Morgan fingerprint density at radius 2 is 2.18 bits per heavy atom. The number of benzene rings is 1. The van der Waals surface area contributed by atoms with E-state index in [0.717, 1.165) is 5.56 Å². The van der Waals surface area contributed by atoms with E-state index in [1.807, 2.05) is 12.1 Å². The number of carbonyl (C=O) groups is 2. The average molecular weight is 254 g/mol. The smallest absolute Gasteiger partial charge is 0.410 e. The maximum atomic E-state index is 11.6. The van der Waals surface area contributed by atoms with Gasteiger partial charge < -0.3 is 9.64 Å². The minimum atomic E-state index is -0.462. The molecule has 0 saturated carbocycles. The molecule has 90 valence electrons. The van der Waals surface area contributed by atoms with E-state index in [1.54, 1.807) is 12.1 Å². The zero-order valence-electron chi connectivity index (χ0n) is 9.19. The number of amides is 1. The molecule has 1 aliphatic heterocycles. The molecule has 5 heteroatoms. The molecule has 1 amide bonds. The number of halogens is 1. The van der Waals surface area contributed by atoms with E-state index in [1.165, 1.54) is 4.90 Å². The summed E-state index contributed by atoms with van der Waals surface area (Å²) in [7, 11) is 0. The van der Waals surface area contributed by atoms with Gasteiger partial charge in [-0.05, 0) is 6.07 Å². The molecule has 1 aliphatic rings. The van der Waals surface area contributed by atoms with Crippen LogP contribution in [-0.4, -0.2) is 29.9 Å². The van der Waals surface area contributed by atoms with Crippen molar-refractivity contribution in [3.63, 3.8) is 0 Å². The molecule has 0 aliphatic carbocycles. The van der Waals surface area contributed by atoms with E-state index in [4.69, 9.17) is 16.3 Å². The first-order valence-corrected chi connectivity index (χ1v) is 5.71. The van der Waals surface area contributed by atoms with Gasteiger partial charge in [0, 0.05) is 23.6 Å². The SMILES string of the molecule is O=C1CCN(C(=O)OCc2ccccc2Cl)C1. The van der Waals surface area contributed by atoms with E-state index >= 15 is 0 Å². The molecule has 17 heavy (non-hydrogen) atoms. The van der Waals surface area contributed by atoms with Gasteiger partial charge in [-0.25, -0.2) is 4.79 Å². The van der Waals surface area contributed by atoms with E-state index in [-0.39, 0.29) is 18.9 Å². The topological polar surface area (TPSA) is 46.6 Å². The lowest BCUT2D eigenvalue weighted by Gasteiger charge is -2.14. The number of hydrogen-bond acceptors (Lipinski definition) is 3. The highest BCUT2D eigenvalue weighted by Gasteiger charge is 2.25. The molecular formula is C12H12ClNO3. The Hall–Kier alpha value is -1.55. The zero-order valence-corrected chi connectivity index (χ0v) is 9.94. The van der Waals surface area contributed by atoms with Crippen LogP contribution in [0.2, 0.25) is 5.02 Å². The Balaban J connectivity index is 1.88. The number of hydrogen-bond donors (Lipinski definition) is 0. The molecule has 1 aromatic carbocycles. The predicted molar refractivity (Wildman–Crippen MR) is 62.8 cm³/mol. The second kappa shape index (κ2) is 5.19. The van der Waals surface area contributed by atoms with Crippen molar-refractivity contribution in [1.82, 2.24) is 4.90 Å². The lowest BCUT2D eigenvalue weighted by Crippen LogP contribution is -2.29. The Morgan fingerprint density at radius 3 is 2.82 bits per heavy atom. The highest BCUT2D eigenvalue weighted by Crippen LogP contribution is 2.16. The lowest BCUT2D eigenvalue weighted by molar-refractivity contribution is -0.116. The summed E-state index contributed by atoms with van der Waals surface area (Å²) in [5.41, 5.74) is 0.757. The normalized spacial score (nSPS) is 15.1. The fraction of sp³-hybridized carbons (Fsp3) is 0.333. The van der Waals surface area contributed by atoms with Crippen molar-refractivity contribution >= 4 is 23.5 Å². The summed E-state index contributed by atoms with van der Waals surface area (Å²) in [5, 5.41) is 0.567. The molecule has 1 aromatic rings. The molecule has 0 N–H and O–H groups in total. The van der Waals surface area contributed by atoms with E-state index in [9.17, 15) is 9.59 Å². The monoisotopic (exact) mass is 253 g/mol. The van der Waals surface area contributed by atoms with Gasteiger partial charge in [-0.3, -0.25) is 4.79 Å². The molecule has 0 spiro atoms. The van der Waals surface area contributed by atoms with Crippen LogP contribution in [0.4, 0.5) is 4.79 Å². The number of ketones is 1. The van der Waals surface area contributed by atoms with Gasteiger partial charge in [-0.15, -0.1) is 0 Å². The second-order valence-electron chi connectivity index (χ2n) is 3.86. The Morgan fingerprint density at radius 1 is 1.41 bits per heavy atom. The Bertz CT molecular complexity index is 447. The number of ether oxygens (including phenoxy) is 1. The fourth-order valence-electron chi connectivity index (χ4n) is 1.63. The largest absolute Gasteiger partial charge is 0.444 e. The lowest BCUT2D eigenvalue weighted by atomic mass is 10.2. The molecule has 2 rings (SSSR count). The molecule has 0 unspecified atom stereocenters. The van der Waals surface area contributed by atoms with Crippen LogP contribution in [0.1, 0.15) is 12.0 Å². The number of carbonyl (C=O) groups excluding carboxylic acids is 2. The van der Waals surface area contributed by atoms with Crippen molar-refractivity contribution in [3.8, 4) is 0 Å². The highest BCUT2D eigenvalue weighted by atomic mass is 35.5. The van der Waals surface area contributed by atoms with Crippen LogP contribution >= 0.6 is 11.6 Å². The quantitative estimate of drug-likeness (QED) is 0.812. The van der Waals surface area contributed by atoms with Crippen molar-refractivity contribution in [2.45, 2.75) is 13.0 Å². The van der Waals surface area contributed by atoms with Gasteiger partial charge in [0.15, 0.2) is 5.78 Å². The number of nitrogens with zero attached hydrogens (tertiary/aromatic N) is 1. The van der Waals surface area contributed by atoms with Crippen LogP contribution < -0.4 is 0 Å². The van der Waals surface area contributed by atoms with Gasteiger partial charge in [0.2, 0.25) is 0 Å². The third kappa shape index (κ3) is 2.97. The number of Topliss-reactive ketones (excluding diaryl/α,β-unsaturated/α-hetero) is 1. The molecular weight excluding hydrogens is 242 g/mol. The van der Waals surface area contributed by atoms with Gasteiger partial charge in [-0.1, -0.05) is 29.8 Å². The maximum Gasteiger partial charge on any atom is 0.410 e. The van der Waals surface area contributed by atoms with Crippen LogP contribution in [0, 0.1) is 0 Å².